The molecule has 0 radical (unpaired) electrons. The molecular weight excluding hydrogens is 266 g/mol. The predicted molar refractivity (Wildman–Crippen MR) is 78.3 cm³/mol. The van der Waals surface area contributed by atoms with Gasteiger partial charge in [-0.2, -0.15) is 4.91 Å². The molecule has 21 heavy (non-hydrogen) atoms. The van der Waals surface area contributed by atoms with Gasteiger partial charge in [-0.1, -0.05) is 17.3 Å². The number of hydrogen-bond donors (Lipinski definition) is 2. The Morgan fingerprint density at radius 3 is 2.29 bits per heavy atom. The molecule has 0 bridgehead atoms. The molecule has 0 amide bonds. The summed E-state index contributed by atoms with van der Waals surface area (Å²) < 4.78 is 0. The van der Waals surface area contributed by atoms with Crippen LogP contribution in [-0.4, -0.2) is 10.2 Å². The van der Waals surface area contributed by atoms with Gasteiger partial charge in [-0.15, -0.1) is 0 Å². The van der Waals surface area contributed by atoms with E-state index in [2.05, 4.69) is 5.18 Å². The van der Waals surface area contributed by atoms with Gasteiger partial charge in [0, 0.05) is 5.41 Å². The third kappa shape index (κ3) is 1.68. The number of nitrogens with zero attached hydrogens (tertiary/aromatic N) is 1. The fourth-order valence-electron chi connectivity index (χ4n) is 4.08. The van der Waals surface area contributed by atoms with Crippen LogP contribution in [0.25, 0.3) is 0 Å². The van der Waals surface area contributed by atoms with Crippen LogP contribution in [-0.2, 0) is 19.3 Å². The quantitative estimate of drug-likeness (QED) is 0.788. The van der Waals surface area contributed by atoms with Crippen LogP contribution >= 0.6 is 0 Å². The Kier molecular flexibility index (Phi) is 2.40. The number of rotatable bonds is 1. The Hall–Kier alpha value is -2.36. The van der Waals surface area contributed by atoms with Crippen molar-refractivity contribution in [2.75, 3.05) is 0 Å². The largest absolute Gasteiger partial charge is 0.508 e. The number of aromatic hydroxyl groups is 2. The average molecular weight is 281 g/mol. The van der Waals surface area contributed by atoms with Gasteiger partial charge >= 0.3 is 0 Å². The lowest BCUT2D eigenvalue weighted by atomic mass is 9.78. The van der Waals surface area contributed by atoms with Crippen LogP contribution in [0.2, 0.25) is 0 Å². The van der Waals surface area contributed by atoms with Crippen LogP contribution in [0.5, 0.6) is 11.5 Å². The molecule has 2 N–H and O–H groups in total. The summed E-state index contributed by atoms with van der Waals surface area (Å²) in [6.07, 6.45) is 2.26. The Morgan fingerprint density at radius 1 is 0.905 bits per heavy atom. The number of benzene rings is 2. The standard InChI is InChI=1S/C17H15NO3/c19-13-2-1-10-7-17(8-11(10)5-13)9-12-6-14(20)3-4-15(12)16(17)18-21/h1-6,16,19-20H,7-9H2. The van der Waals surface area contributed by atoms with Gasteiger partial charge in [0.2, 0.25) is 0 Å². The first-order chi connectivity index (χ1) is 10.1. The molecule has 1 spiro atoms. The minimum Gasteiger partial charge on any atom is -0.508 e. The van der Waals surface area contributed by atoms with Crippen molar-refractivity contribution in [1.29, 1.82) is 0 Å². The van der Waals surface area contributed by atoms with Gasteiger partial charge in [-0.25, -0.2) is 0 Å². The second-order valence-corrected chi connectivity index (χ2v) is 6.24. The molecule has 0 aliphatic heterocycles. The van der Waals surface area contributed by atoms with Gasteiger partial charge in [0.05, 0.1) is 0 Å². The molecule has 4 heteroatoms. The number of nitroso groups, excluding NO2 is 1. The van der Waals surface area contributed by atoms with Gasteiger partial charge in [0.25, 0.3) is 0 Å². The summed E-state index contributed by atoms with van der Waals surface area (Å²) in [5.41, 5.74) is 3.98. The van der Waals surface area contributed by atoms with E-state index >= 15 is 0 Å². The van der Waals surface area contributed by atoms with E-state index in [1.54, 1.807) is 24.3 Å². The van der Waals surface area contributed by atoms with E-state index in [0.717, 1.165) is 36.0 Å². The van der Waals surface area contributed by atoms with Gasteiger partial charge in [-0.05, 0) is 65.8 Å². The van der Waals surface area contributed by atoms with Crippen LogP contribution in [0.3, 0.4) is 0 Å². The van der Waals surface area contributed by atoms with Crippen LogP contribution < -0.4 is 0 Å². The summed E-state index contributed by atoms with van der Waals surface area (Å²) in [6.45, 7) is 0. The molecule has 4 rings (SSSR count). The van der Waals surface area contributed by atoms with Crippen molar-refractivity contribution in [2.24, 2.45) is 10.6 Å². The van der Waals surface area contributed by atoms with Crippen molar-refractivity contribution in [3.8, 4) is 11.5 Å². The van der Waals surface area contributed by atoms with Crippen LogP contribution in [0.1, 0.15) is 28.3 Å². The molecule has 2 atom stereocenters. The maximum absolute atomic E-state index is 11.5. The van der Waals surface area contributed by atoms with Crippen molar-refractivity contribution in [1.82, 2.24) is 0 Å². The predicted octanol–water partition coefficient (Wildman–Crippen LogP) is 3.25. The zero-order chi connectivity index (χ0) is 14.6. The third-order valence-electron chi connectivity index (χ3n) is 4.92. The van der Waals surface area contributed by atoms with E-state index in [-0.39, 0.29) is 23.0 Å². The Balaban J connectivity index is 1.79. The van der Waals surface area contributed by atoms with Gasteiger partial charge in [0.15, 0.2) is 0 Å². The van der Waals surface area contributed by atoms with Gasteiger partial charge < -0.3 is 10.2 Å². The smallest absolute Gasteiger partial charge is 0.124 e. The molecular formula is C17H15NO3. The molecule has 2 aromatic rings. The highest BCUT2D eigenvalue weighted by molar-refractivity contribution is 5.48. The molecule has 2 unspecified atom stereocenters. The molecule has 0 saturated carbocycles. The molecule has 0 fully saturated rings. The second kappa shape index (κ2) is 4.07. The lowest BCUT2D eigenvalue weighted by Crippen LogP contribution is -2.25. The normalized spacial score (nSPS) is 25.8. The molecule has 0 saturated heterocycles. The maximum atomic E-state index is 11.5. The lowest BCUT2D eigenvalue weighted by Gasteiger charge is -2.26. The van der Waals surface area contributed by atoms with E-state index in [4.69, 9.17) is 0 Å². The minimum absolute atomic E-state index is 0.226. The number of phenols is 2. The van der Waals surface area contributed by atoms with E-state index in [0.29, 0.717) is 0 Å². The summed E-state index contributed by atoms with van der Waals surface area (Å²) in [7, 11) is 0. The van der Waals surface area contributed by atoms with Crippen molar-refractivity contribution in [3.05, 3.63) is 63.6 Å². The molecule has 4 nitrogen and oxygen atoms in total. The first kappa shape index (κ1) is 12.4. The van der Waals surface area contributed by atoms with Gasteiger partial charge in [-0.3, -0.25) is 0 Å². The van der Waals surface area contributed by atoms with Crippen molar-refractivity contribution < 1.29 is 10.2 Å². The topological polar surface area (TPSA) is 69.9 Å². The van der Waals surface area contributed by atoms with E-state index in [1.807, 2.05) is 12.1 Å². The van der Waals surface area contributed by atoms with Crippen molar-refractivity contribution in [3.63, 3.8) is 0 Å². The zero-order valence-corrected chi connectivity index (χ0v) is 11.4. The zero-order valence-electron chi connectivity index (χ0n) is 11.4. The summed E-state index contributed by atoms with van der Waals surface area (Å²) in [5, 5.41) is 22.7. The highest BCUT2D eigenvalue weighted by Crippen LogP contribution is 2.55. The van der Waals surface area contributed by atoms with E-state index in [1.165, 1.54) is 5.56 Å². The van der Waals surface area contributed by atoms with Crippen LogP contribution in [0.4, 0.5) is 0 Å². The monoisotopic (exact) mass is 281 g/mol. The van der Waals surface area contributed by atoms with Crippen molar-refractivity contribution >= 4 is 0 Å². The first-order valence-electron chi connectivity index (χ1n) is 7.06. The average Bonchev–Trinajstić information content (AvgIpc) is 2.94. The summed E-state index contributed by atoms with van der Waals surface area (Å²) in [5.74, 6) is 0.484. The molecule has 0 heterocycles. The summed E-state index contributed by atoms with van der Waals surface area (Å²) in [4.78, 5) is 11.5. The van der Waals surface area contributed by atoms with Crippen LogP contribution in [0.15, 0.2) is 41.6 Å². The summed E-state index contributed by atoms with van der Waals surface area (Å²) >= 11 is 0. The van der Waals surface area contributed by atoms with Gasteiger partial charge in [0.1, 0.15) is 17.5 Å². The Labute approximate surface area is 122 Å². The molecule has 0 aromatic heterocycles. The Bertz CT molecular complexity index is 752. The molecule has 2 aromatic carbocycles. The highest BCUT2D eigenvalue weighted by Gasteiger charge is 2.50. The minimum atomic E-state index is -0.386. The fourth-order valence-corrected chi connectivity index (χ4v) is 4.08. The molecule has 2 aliphatic carbocycles. The lowest BCUT2D eigenvalue weighted by molar-refractivity contribution is 0.264. The highest BCUT2D eigenvalue weighted by atomic mass is 16.3. The second-order valence-electron chi connectivity index (χ2n) is 6.24. The molecule has 106 valence electrons. The first-order valence-corrected chi connectivity index (χ1v) is 7.06. The molecule has 2 aliphatic rings. The summed E-state index contributed by atoms with van der Waals surface area (Å²) in [6, 6.07) is 10.2. The number of phenolic OH excluding ortho intramolecular Hbond substituents is 2. The maximum Gasteiger partial charge on any atom is 0.124 e. The fraction of sp³-hybridized carbons (Fsp3) is 0.294. The number of hydrogen-bond acceptors (Lipinski definition) is 4. The number of fused-ring (bicyclic) bond motifs is 2. The van der Waals surface area contributed by atoms with Crippen molar-refractivity contribution in [2.45, 2.75) is 25.3 Å². The Morgan fingerprint density at radius 2 is 1.52 bits per heavy atom. The third-order valence-corrected chi connectivity index (χ3v) is 4.92. The van der Waals surface area contributed by atoms with E-state index in [9.17, 15) is 15.1 Å². The van der Waals surface area contributed by atoms with E-state index < -0.39 is 0 Å². The SMILES string of the molecule is O=NC1c2ccc(O)cc2CC12Cc1ccc(O)cc1C2. The van der Waals surface area contributed by atoms with Crippen LogP contribution in [0, 0.1) is 10.3 Å².